The topological polar surface area (TPSA) is 64.3 Å². The number of amides is 1. The lowest BCUT2D eigenvalue weighted by atomic mass is 10.2. The number of hydrogen-bond acceptors (Lipinski definition) is 4. The summed E-state index contributed by atoms with van der Waals surface area (Å²) in [6.45, 7) is 0.545. The Labute approximate surface area is 132 Å². The number of hydrogen-bond donors (Lipinski definition) is 2. The SMILES string of the molecule is NC(=S)c1ccccc1OCC(=O)NCCc1cccs1. The molecule has 110 valence electrons. The number of ether oxygens (including phenoxy) is 1. The molecular weight excluding hydrogens is 304 g/mol. The number of para-hydroxylation sites is 1. The second kappa shape index (κ2) is 7.75. The molecule has 2 rings (SSSR count). The molecule has 0 spiro atoms. The third kappa shape index (κ3) is 4.84. The van der Waals surface area contributed by atoms with E-state index in [1.54, 1.807) is 23.5 Å². The molecule has 0 saturated carbocycles. The van der Waals surface area contributed by atoms with Gasteiger partial charge in [-0.25, -0.2) is 0 Å². The van der Waals surface area contributed by atoms with Gasteiger partial charge in [0.05, 0.1) is 5.56 Å². The molecule has 0 bridgehead atoms. The fourth-order valence-corrected chi connectivity index (χ4v) is 2.65. The van der Waals surface area contributed by atoms with Crippen LogP contribution in [-0.4, -0.2) is 24.0 Å². The molecule has 1 aromatic heterocycles. The largest absolute Gasteiger partial charge is 0.483 e. The Hall–Kier alpha value is -1.92. The van der Waals surface area contributed by atoms with E-state index in [-0.39, 0.29) is 17.5 Å². The minimum Gasteiger partial charge on any atom is -0.483 e. The number of thiophene rings is 1. The van der Waals surface area contributed by atoms with Gasteiger partial charge in [-0.15, -0.1) is 11.3 Å². The number of nitrogens with one attached hydrogen (secondary N) is 1. The first kappa shape index (κ1) is 15.5. The van der Waals surface area contributed by atoms with Crippen molar-refractivity contribution in [3.05, 3.63) is 52.2 Å². The molecule has 3 N–H and O–H groups in total. The van der Waals surface area contributed by atoms with Gasteiger partial charge in [0.2, 0.25) is 0 Å². The molecule has 1 amide bonds. The minimum absolute atomic E-state index is 0.0515. The standard InChI is InChI=1S/C15H16N2O2S2/c16-15(20)12-5-1-2-6-13(12)19-10-14(18)17-8-7-11-4-3-9-21-11/h1-6,9H,7-8,10H2,(H2,16,20)(H,17,18). The van der Waals surface area contributed by atoms with Crippen molar-refractivity contribution in [2.75, 3.05) is 13.2 Å². The van der Waals surface area contributed by atoms with E-state index >= 15 is 0 Å². The van der Waals surface area contributed by atoms with Crippen LogP contribution in [0.1, 0.15) is 10.4 Å². The maximum Gasteiger partial charge on any atom is 0.257 e. The normalized spacial score (nSPS) is 10.1. The Morgan fingerprint density at radius 2 is 2.10 bits per heavy atom. The quantitative estimate of drug-likeness (QED) is 0.767. The van der Waals surface area contributed by atoms with E-state index in [1.165, 1.54) is 4.88 Å². The maximum atomic E-state index is 11.7. The van der Waals surface area contributed by atoms with E-state index in [4.69, 9.17) is 22.7 Å². The molecule has 0 aliphatic rings. The van der Waals surface area contributed by atoms with Crippen LogP contribution in [0, 0.1) is 0 Å². The average Bonchev–Trinajstić information content (AvgIpc) is 2.98. The number of benzene rings is 1. The highest BCUT2D eigenvalue weighted by atomic mass is 32.1. The fraction of sp³-hybridized carbons (Fsp3) is 0.200. The predicted molar refractivity (Wildman–Crippen MR) is 88.9 cm³/mol. The van der Waals surface area contributed by atoms with Gasteiger partial charge >= 0.3 is 0 Å². The molecular formula is C15H16N2O2S2. The molecule has 21 heavy (non-hydrogen) atoms. The lowest BCUT2D eigenvalue weighted by Crippen LogP contribution is -2.30. The summed E-state index contributed by atoms with van der Waals surface area (Å²) >= 11 is 6.62. The monoisotopic (exact) mass is 320 g/mol. The Bertz CT molecular complexity index is 612. The summed E-state index contributed by atoms with van der Waals surface area (Å²) < 4.78 is 5.47. The van der Waals surface area contributed by atoms with Crippen LogP contribution in [0.2, 0.25) is 0 Å². The summed E-state index contributed by atoms with van der Waals surface area (Å²) in [6.07, 6.45) is 0.826. The lowest BCUT2D eigenvalue weighted by Gasteiger charge is -2.10. The van der Waals surface area contributed by atoms with Crippen LogP contribution in [-0.2, 0) is 11.2 Å². The van der Waals surface area contributed by atoms with Crippen molar-refractivity contribution in [3.63, 3.8) is 0 Å². The lowest BCUT2D eigenvalue weighted by molar-refractivity contribution is -0.123. The third-order valence-corrected chi connectivity index (χ3v) is 3.94. The van der Waals surface area contributed by atoms with Gasteiger partial charge in [-0.3, -0.25) is 4.79 Å². The van der Waals surface area contributed by atoms with Crippen molar-refractivity contribution in [1.29, 1.82) is 0 Å². The highest BCUT2D eigenvalue weighted by Crippen LogP contribution is 2.17. The second-order valence-corrected chi connectivity index (χ2v) is 5.80. The van der Waals surface area contributed by atoms with Gasteiger partial charge in [0.25, 0.3) is 5.91 Å². The molecule has 0 fully saturated rings. The zero-order chi connectivity index (χ0) is 15.1. The van der Waals surface area contributed by atoms with E-state index < -0.39 is 0 Å². The van der Waals surface area contributed by atoms with Crippen LogP contribution >= 0.6 is 23.6 Å². The Morgan fingerprint density at radius 3 is 2.81 bits per heavy atom. The van der Waals surface area contributed by atoms with E-state index in [9.17, 15) is 4.79 Å². The van der Waals surface area contributed by atoms with Gasteiger partial charge in [0, 0.05) is 11.4 Å². The molecule has 2 aromatic rings. The molecule has 1 heterocycles. The fourth-order valence-electron chi connectivity index (χ4n) is 1.77. The summed E-state index contributed by atoms with van der Waals surface area (Å²) in [6, 6.07) is 11.2. The van der Waals surface area contributed by atoms with Crippen LogP contribution in [0.3, 0.4) is 0 Å². The van der Waals surface area contributed by atoms with Gasteiger partial charge in [0.15, 0.2) is 6.61 Å². The van der Waals surface area contributed by atoms with Gasteiger partial charge in [-0.05, 0) is 30.0 Å². The summed E-state index contributed by atoms with van der Waals surface area (Å²) in [5.74, 6) is 0.364. The third-order valence-electron chi connectivity index (χ3n) is 2.78. The summed E-state index contributed by atoms with van der Waals surface area (Å²) in [5, 5.41) is 4.84. The van der Waals surface area contributed by atoms with Gasteiger partial charge < -0.3 is 15.8 Å². The molecule has 0 saturated heterocycles. The molecule has 6 heteroatoms. The van der Waals surface area contributed by atoms with E-state index in [0.29, 0.717) is 17.9 Å². The second-order valence-electron chi connectivity index (χ2n) is 4.33. The van der Waals surface area contributed by atoms with Gasteiger partial charge in [-0.1, -0.05) is 30.4 Å². The first-order chi connectivity index (χ1) is 10.2. The minimum atomic E-state index is -0.163. The summed E-state index contributed by atoms with van der Waals surface area (Å²) in [4.78, 5) is 13.2. The van der Waals surface area contributed by atoms with E-state index in [2.05, 4.69) is 5.32 Å². The summed E-state index contributed by atoms with van der Waals surface area (Å²) in [5.41, 5.74) is 6.25. The zero-order valence-corrected chi connectivity index (χ0v) is 13.0. The average molecular weight is 320 g/mol. The molecule has 0 aliphatic carbocycles. The van der Waals surface area contributed by atoms with Gasteiger partial charge in [-0.2, -0.15) is 0 Å². The van der Waals surface area contributed by atoms with Crippen LogP contribution in [0.25, 0.3) is 0 Å². The first-order valence-electron chi connectivity index (χ1n) is 6.47. The number of carbonyl (C=O) groups is 1. The first-order valence-corrected chi connectivity index (χ1v) is 7.76. The van der Waals surface area contributed by atoms with Crippen molar-refractivity contribution in [2.24, 2.45) is 5.73 Å². The highest BCUT2D eigenvalue weighted by Gasteiger charge is 2.08. The molecule has 0 radical (unpaired) electrons. The zero-order valence-electron chi connectivity index (χ0n) is 11.4. The van der Waals surface area contributed by atoms with Crippen LogP contribution in [0.4, 0.5) is 0 Å². The van der Waals surface area contributed by atoms with Crippen LogP contribution in [0.5, 0.6) is 5.75 Å². The molecule has 1 aromatic carbocycles. The van der Waals surface area contributed by atoms with Crippen LogP contribution in [0.15, 0.2) is 41.8 Å². The number of carbonyl (C=O) groups excluding carboxylic acids is 1. The van der Waals surface area contributed by atoms with Gasteiger partial charge in [0.1, 0.15) is 10.7 Å². The highest BCUT2D eigenvalue weighted by molar-refractivity contribution is 7.80. The number of thiocarbonyl (C=S) groups is 1. The number of nitrogens with two attached hydrogens (primary N) is 1. The Balaban J connectivity index is 1.77. The molecule has 0 atom stereocenters. The predicted octanol–water partition coefficient (Wildman–Crippen LogP) is 2.12. The Kier molecular flexibility index (Phi) is 5.71. The van der Waals surface area contributed by atoms with Crippen molar-refractivity contribution in [2.45, 2.75) is 6.42 Å². The maximum absolute atomic E-state index is 11.7. The molecule has 0 unspecified atom stereocenters. The Morgan fingerprint density at radius 1 is 1.29 bits per heavy atom. The van der Waals surface area contributed by atoms with Crippen molar-refractivity contribution < 1.29 is 9.53 Å². The van der Waals surface area contributed by atoms with Crippen molar-refractivity contribution in [1.82, 2.24) is 5.32 Å². The number of rotatable bonds is 7. The molecule has 0 aliphatic heterocycles. The van der Waals surface area contributed by atoms with E-state index in [0.717, 1.165) is 6.42 Å². The van der Waals surface area contributed by atoms with Crippen molar-refractivity contribution in [3.8, 4) is 5.75 Å². The smallest absolute Gasteiger partial charge is 0.257 e. The summed E-state index contributed by atoms with van der Waals surface area (Å²) in [7, 11) is 0. The van der Waals surface area contributed by atoms with Crippen LogP contribution < -0.4 is 15.8 Å². The van der Waals surface area contributed by atoms with E-state index in [1.807, 2.05) is 29.6 Å². The van der Waals surface area contributed by atoms with Crippen molar-refractivity contribution >= 4 is 34.5 Å². The molecule has 4 nitrogen and oxygen atoms in total.